The van der Waals surface area contributed by atoms with Gasteiger partial charge in [0.25, 0.3) is 0 Å². The van der Waals surface area contributed by atoms with Crippen LogP contribution in [0, 0.1) is 0 Å². The average molecular weight is 408 g/mol. The minimum Gasteiger partial charge on any atom is -0.323 e. The van der Waals surface area contributed by atoms with E-state index in [1.807, 2.05) is 23.5 Å². The zero-order valence-electron chi connectivity index (χ0n) is 16.2. The first-order valence-electron chi connectivity index (χ1n) is 10.1. The van der Waals surface area contributed by atoms with E-state index in [9.17, 15) is 0 Å². The fraction of sp³-hybridized carbons (Fsp3) is 0.348. The highest BCUT2D eigenvalue weighted by Crippen LogP contribution is 2.48. The summed E-state index contributed by atoms with van der Waals surface area (Å²) in [5, 5.41) is 1.22. The SMILES string of the molecule is CSc1ccc2c(c1)Sc1cc3ccccc3nc1N2CCN1CCCCC1. The predicted octanol–water partition coefficient (Wildman–Crippen LogP) is 6.05. The molecule has 1 aromatic heterocycles. The number of pyridine rings is 1. The van der Waals surface area contributed by atoms with Gasteiger partial charge in [0.1, 0.15) is 5.82 Å². The topological polar surface area (TPSA) is 19.4 Å². The quantitative estimate of drug-likeness (QED) is 0.489. The highest BCUT2D eigenvalue weighted by Gasteiger charge is 2.26. The second-order valence-electron chi connectivity index (χ2n) is 7.49. The van der Waals surface area contributed by atoms with Crippen LogP contribution < -0.4 is 4.90 Å². The Morgan fingerprint density at radius 2 is 1.82 bits per heavy atom. The molecule has 0 saturated carbocycles. The molecule has 0 aliphatic carbocycles. The monoisotopic (exact) mass is 407 g/mol. The van der Waals surface area contributed by atoms with Gasteiger partial charge in [0, 0.05) is 28.3 Å². The Hall–Kier alpha value is -1.69. The van der Waals surface area contributed by atoms with Gasteiger partial charge in [-0.3, -0.25) is 0 Å². The van der Waals surface area contributed by atoms with Crippen LogP contribution in [0.1, 0.15) is 19.3 Å². The zero-order chi connectivity index (χ0) is 18.9. The van der Waals surface area contributed by atoms with Gasteiger partial charge >= 0.3 is 0 Å². The molecule has 3 heterocycles. The summed E-state index contributed by atoms with van der Waals surface area (Å²) >= 11 is 3.67. The van der Waals surface area contributed by atoms with Crippen molar-refractivity contribution >= 4 is 45.9 Å². The van der Waals surface area contributed by atoms with Crippen LogP contribution in [0.5, 0.6) is 0 Å². The van der Waals surface area contributed by atoms with E-state index in [-0.39, 0.29) is 0 Å². The molecule has 0 radical (unpaired) electrons. The molecule has 3 aromatic rings. The Balaban J connectivity index is 1.54. The standard InChI is InChI=1S/C23H25N3S2/c1-27-18-9-10-20-21(16-18)28-22-15-17-7-3-4-8-19(17)24-23(22)26(20)14-13-25-11-5-2-6-12-25/h3-4,7-10,15-16H,2,5-6,11-14H2,1H3. The molecule has 5 heteroatoms. The zero-order valence-corrected chi connectivity index (χ0v) is 17.9. The molecular weight excluding hydrogens is 382 g/mol. The van der Waals surface area contributed by atoms with Gasteiger partial charge in [0.15, 0.2) is 0 Å². The van der Waals surface area contributed by atoms with Crippen molar-refractivity contribution in [3.05, 3.63) is 48.5 Å². The van der Waals surface area contributed by atoms with Crippen molar-refractivity contribution < 1.29 is 0 Å². The van der Waals surface area contributed by atoms with Gasteiger partial charge in [-0.05, 0) is 62.5 Å². The second kappa shape index (κ2) is 7.97. The van der Waals surface area contributed by atoms with Gasteiger partial charge in [0.2, 0.25) is 0 Å². The third-order valence-electron chi connectivity index (χ3n) is 5.69. The second-order valence-corrected chi connectivity index (χ2v) is 9.46. The molecule has 0 unspecified atom stereocenters. The Labute approximate surface area is 175 Å². The van der Waals surface area contributed by atoms with E-state index < -0.39 is 0 Å². The van der Waals surface area contributed by atoms with Crippen LogP contribution >= 0.6 is 23.5 Å². The van der Waals surface area contributed by atoms with E-state index in [1.165, 1.54) is 58.1 Å². The molecular formula is C23H25N3S2. The summed E-state index contributed by atoms with van der Waals surface area (Å²) in [6.45, 7) is 4.56. The van der Waals surface area contributed by atoms with Crippen molar-refractivity contribution in [3.63, 3.8) is 0 Å². The molecule has 3 nitrogen and oxygen atoms in total. The van der Waals surface area contributed by atoms with Gasteiger partial charge < -0.3 is 9.80 Å². The Kier molecular flexibility index (Phi) is 5.22. The largest absolute Gasteiger partial charge is 0.323 e. The van der Waals surface area contributed by atoms with Crippen LogP contribution in [0.2, 0.25) is 0 Å². The molecule has 28 heavy (non-hydrogen) atoms. The molecule has 2 aliphatic rings. The van der Waals surface area contributed by atoms with Crippen LogP contribution in [0.4, 0.5) is 11.5 Å². The summed E-state index contributed by atoms with van der Waals surface area (Å²) in [7, 11) is 0. The molecule has 2 aliphatic heterocycles. The van der Waals surface area contributed by atoms with E-state index >= 15 is 0 Å². The number of benzene rings is 2. The first-order chi connectivity index (χ1) is 13.8. The van der Waals surface area contributed by atoms with Crippen molar-refractivity contribution in [2.75, 3.05) is 37.3 Å². The van der Waals surface area contributed by atoms with Gasteiger partial charge in [-0.25, -0.2) is 4.98 Å². The molecule has 0 spiro atoms. The number of hydrogen-bond donors (Lipinski definition) is 0. The van der Waals surface area contributed by atoms with Crippen LogP contribution in [-0.2, 0) is 0 Å². The van der Waals surface area contributed by atoms with E-state index in [4.69, 9.17) is 4.98 Å². The number of rotatable bonds is 4. The number of para-hydroxylation sites is 1. The highest BCUT2D eigenvalue weighted by molar-refractivity contribution is 8.00. The van der Waals surface area contributed by atoms with Gasteiger partial charge in [-0.15, -0.1) is 11.8 Å². The normalized spacial score (nSPS) is 16.8. The Morgan fingerprint density at radius 3 is 2.68 bits per heavy atom. The number of likely N-dealkylation sites (tertiary alicyclic amines) is 1. The minimum atomic E-state index is 0.991. The van der Waals surface area contributed by atoms with Crippen molar-refractivity contribution in [1.29, 1.82) is 0 Å². The van der Waals surface area contributed by atoms with Gasteiger partial charge in [-0.2, -0.15) is 0 Å². The molecule has 1 fully saturated rings. The lowest BCUT2D eigenvalue weighted by molar-refractivity contribution is 0.234. The molecule has 144 valence electrons. The van der Waals surface area contributed by atoms with Crippen LogP contribution in [0.25, 0.3) is 10.9 Å². The summed E-state index contributed by atoms with van der Waals surface area (Å²) < 4.78 is 0. The molecule has 1 saturated heterocycles. The molecule has 0 N–H and O–H groups in total. The number of anilines is 2. The summed E-state index contributed by atoms with van der Waals surface area (Å²) in [4.78, 5) is 14.1. The van der Waals surface area contributed by atoms with E-state index in [2.05, 4.69) is 64.6 Å². The average Bonchev–Trinajstić information content (AvgIpc) is 2.75. The maximum atomic E-state index is 5.08. The summed E-state index contributed by atoms with van der Waals surface area (Å²) in [6.07, 6.45) is 6.20. The fourth-order valence-corrected chi connectivity index (χ4v) is 5.82. The van der Waals surface area contributed by atoms with Crippen molar-refractivity contribution in [1.82, 2.24) is 9.88 Å². The third-order valence-corrected chi connectivity index (χ3v) is 7.48. The maximum Gasteiger partial charge on any atom is 0.147 e. The van der Waals surface area contributed by atoms with Crippen LogP contribution in [-0.4, -0.2) is 42.3 Å². The summed E-state index contributed by atoms with van der Waals surface area (Å²) in [5.74, 6) is 1.12. The minimum absolute atomic E-state index is 0.991. The van der Waals surface area contributed by atoms with E-state index in [0.29, 0.717) is 0 Å². The van der Waals surface area contributed by atoms with E-state index in [0.717, 1.165) is 24.4 Å². The molecule has 2 aromatic carbocycles. The fourth-order valence-electron chi connectivity index (χ4n) is 4.16. The summed E-state index contributed by atoms with van der Waals surface area (Å²) in [6, 6.07) is 17.6. The highest BCUT2D eigenvalue weighted by atomic mass is 32.2. The molecule has 5 rings (SSSR count). The smallest absolute Gasteiger partial charge is 0.147 e. The molecule has 0 bridgehead atoms. The number of piperidine rings is 1. The summed E-state index contributed by atoms with van der Waals surface area (Å²) in [5.41, 5.74) is 2.38. The number of aromatic nitrogens is 1. The third kappa shape index (κ3) is 3.51. The van der Waals surface area contributed by atoms with Gasteiger partial charge in [0.05, 0.1) is 16.1 Å². The Morgan fingerprint density at radius 1 is 0.964 bits per heavy atom. The lowest BCUT2D eigenvalue weighted by Gasteiger charge is -2.35. The number of fused-ring (bicyclic) bond motifs is 3. The molecule has 0 amide bonds. The predicted molar refractivity (Wildman–Crippen MR) is 121 cm³/mol. The molecule has 0 atom stereocenters. The van der Waals surface area contributed by atoms with E-state index in [1.54, 1.807) is 0 Å². The maximum absolute atomic E-state index is 5.08. The first-order valence-corrected chi connectivity index (χ1v) is 12.1. The van der Waals surface area contributed by atoms with Crippen molar-refractivity contribution in [2.24, 2.45) is 0 Å². The van der Waals surface area contributed by atoms with Crippen molar-refractivity contribution in [2.45, 2.75) is 33.9 Å². The lowest BCUT2D eigenvalue weighted by Crippen LogP contribution is -2.37. The number of thioether (sulfide) groups is 1. The van der Waals surface area contributed by atoms with Gasteiger partial charge in [-0.1, -0.05) is 36.4 Å². The Bertz CT molecular complexity index is 998. The first kappa shape index (κ1) is 18.3. The number of hydrogen-bond acceptors (Lipinski definition) is 5. The number of nitrogens with zero attached hydrogens (tertiary/aromatic N) is 3. The van der Waals surface area contributed by atoms with Crippen molar-refractivity contribution in [3.8, 4) is 0 Å². The van der Waals surface area contributed by atoms with Crippen LogP contribution in [0.3, 0.4) is 0 Å². The van der Waals surface area contributed by atoms with Crippen LogP contribution in [0.15, 0.2) is 63.2 Å². The lowest BCUT2D eigenvalue weighted by atomic mass is 10.1.